The highest BCUT2D eigenvalue weighted by atomic mass is 79.9. The van der Waals surface area contributed by atoms with E-state index in [1.54, 1.807) is 24.3 Å². The molecule has 2 rings (SSSR count). The van der Waals surface area contributed by atoms with Crippen LogP contribution in [-0.4, -0.2) is 45.8 Å². The number of hydrogen-bond donors (Lipinski definition) is 0. The van der Waals surface area contributed by atoms with E-state index in [4.69, 9.17) is 0 Å². The number of hydrogen-bond acceptors (Lipinski definition) is 5. The van der Waals surface area contributed by atoms with E-state index >= 15 is 0 Å². The van der Waals surface area contributed by atoms with Gasteiger partial charge in [-0.3, -0.25) is 4.79 Å². The van der Waals surface area contributed by atoms with E-state index in [-0.39, 0.29) is 26.2 Å². The summed E-state index contributed by atoms with van der Waals surface area (Å²) in [6, 6.07) is 9.63. The van der Waals surface area contributed by atoms with Gasteiger partial charge in [0.2, 0.25) is 0 Å². The second-order valence-corrected chi connectivity index (χ2v) is 13.7. The molecule has 2 unspecified atom stereocenters. The fraction of sp³-hybridized carbons (Fsp3) is 0.316. The monoisotopic (exact) mass is 706 g/mol. The minimum absolute atomic E-state index is 0.108. The fourth-order valence-corrected chi connectivity index (χ4v) is 8.13. The molecule has 164 valence electrons. The quantitative estimate of drug-likeness (QED) is 0.350. The normalized spacial score (nSPS) is 14.3. The van der Waals surface area contributed by atoms with Crippen molar-refractivity contribution in [3.63, 3.8) is 0 Å². The molecule has 0 aliphatic rings. The Morgan fingerprint density at radius 1 is 0.767 bits per heavy atom. The van der Waals surface area contributed by atoms with Gasteiger partial charge in [0.1, 0.15) is 5.78 Å². The summed E-state index contributed by atoms with van der Waals surface area (Å²) in [4.78, 5) is 13.6. The molecule has 0 bridgehead atoms. The summed E-state index contributed by atoms with van der Waals surface area (Å²) in [6.45, 7) is 0. The Morgan fingerprint density at radius 3 is 1.37 bits per heavy atom. The van der Waals surface area contributed by atoms with E-state index in [1.807, 2.05) is 0 Å². The van der Waals surface area contributed by atoms with Gasteiger partial charge < -0.3 is 0 Å². The lowest BCUT2D eigenvalue weighted by molar-refractivity contribution is -0.121. The van der Waals surface area contributed by atoms with Crippen molar-refractivity contribution >= 4 is 89.2 Å². The van der Waals surface area contributed by atoms with Crippen LogP contribution in [0.1, 0.15) is 23.0 Å². The molecule has 0 aromatic heterocycles. The summed E-state index contributed by atoms with van der Waals surface area (Å²) in [5.74, 6) is -1.40. The van der Waals surface area contributed by atoms with E-state index in [0.717, 1.165) is 12.5 Å². The number of rotatable bonds is 8. The predicted molar refractivity (Wildman–Crippen MR) is 133 cm³/mol. The largest absolute Gasteiger partial charge is 0.298 e. The standard InChI is InChI=1S/C19H18Br4O5S2/c1-29(25,26)17-7-11(3-5-15(17)22)13(9-20)19(24)14(10-21)12-4-6-16(23)18(8-12)30(2,27)28/h3-8,13-14H,9-10H2,1-2H3. The SMILES string of the molecule is CS(=O)(=O)c1cc(C(CBr)C(=O)C(CBr)c2ccc(Br)c(S(C)(=O)=O)c2)ccc1Br. The molecule has 0 fully saturated rings. The summed E-state index contributed by atoms with van der Waals surface area (Å²) < 4.78 is 49.1. The lowest BCUT2D eigenvalue weighted by Gasteiger charge is -2.22. The number of Topliss-reactive ketones (excluding diaryl/α,β-unsaturated/α-hetero) is 1. The average molecular weight is 710 g/mol. The van der Waals surface area contributed by atoms with Crippen molar-refractivity contribution in [3.8, 4) is 0 Å². The van der Waals surface area contributed by atoms with Gasteiger partial charge in [-0.2, -0.15) is 0 Å². The van der Waals surface area contributed by atoms with Crippen LogP contribution >= 0.6 is 63.7 Å². The second-order valence-electron chi connectivity index (χ2n) is 6.74. The Balaban J connectivity index is 2.53. The van der Waals surface area contributed by atoms with Crippen molar-refractivity contribution in [2.45, 2.75) is 21.6 Å². The zero-order chi connectivity index (χ0) is 22.9. The third-order valence-electron chi connectivity index (χ3n) is 4.51. The van der Waals surface area contributed by atoms with Crippen LogP contribution in [0.2, 0.25) is 0 Å². The minimum atomic E-state index is -3.48. The average Bonchev–Trinajstić information content (AvgIpc) is 2.63. The van der Waals surface area contributed by atoms with Crippen LogP contribution in [0.3, 0.4) is 0 Å². The van der Waals surface area contributed by atoms with E-state index in [0.29, 0.717) is 20.1 Å². The number of ketones is 1. The molecule has 0 amide bonds. The van der Waals surface area contributed by atoms with Crippen LogP contribution in [0.25, 0.3) is 0 Å². The van der Waals surface area contributed by atoms with Crippen molar-refractivity contribution in [1.29, 1.82) is 0 Å². The van der Waals surface area contributed by atoms with Gasteiger partial charge in [0, 0.05) is 32.1 Å². The van der Waals surface area contributed by atoms with Crippen molar-refractivity contribution < 1.29 is 21.6 Å². The summed E-state index contributed by atoms with van der Waals surface area (Å²) in [7, 11) is -6.97. The Hall–Kier alpha value is -0.0700. The van der Waals surface area contributed by atoms with Crippen LogP contribution in [0.5, 0.6) is 0 Å². The highest BCUT2D eigenvalue weighted by molar-refractivity contribution is 9.11. The third-order valence-corrected chi connectivity index (χ3v) is 9.99. The molecule has 0 N–H and O–H groups in total. The molecule has 0 saturated heterocycles. The van der Waals surface area contributed by atoms with Crippen molar-refractivity contribution in [2.75, 3.05) is 23.2 Å². The lowest BCUT2D eigenvalue weighted by atomic mass is 9.86. The van der Waals surface area contributed by atoms with Crippen LogP contribution in [-0.2, 0) is 24.5 Å². The first-order valence-electron chi connectivity index (χ1n) is 8.46. The summed E-state index contributed by atoms with van der Waals surface area (Å²) >= 11 is 13.2. The molecule has 5 nitrogen and oxygen atoms in total. The molecule has 2 aromatic rings. The van der Waals surface area contributed by atoms with Gasteiger partial charge in [-0.25, -0.2) is 16.8 Å². The molecular formula is C19H18Br4O5S2. The van der Waals surface area contributed by atoms with Gasteiger partial charge in [0.15, 0.2) is 19.7 Å². The molecular weight excluding hydrogens is 692 g/mol. The van der Waals surface area contributed by atoms with Gasteiger partial charge in [-0.15, -0.1) is 0 Å². The zero-order valence-corrected chi connectivity index (χ0v) is 23.9. The van der Waals surface area contributed by atoms with Crippen LogP contribution < -0.4 is 0 Å². The first kappa shape index (κ1) is 26.2. The molecule has 0 spiro atoms. The molecule has 2 atom stereocenters. The van der Waals surface area contributed by atoms with E-state index in [1.165, 1.54) is 12.1 Å². The number of alkyl halides is 2. The molecule has 30 heavy (non-hydrogen) atoms. The second kappa shape index (κ2) is 10.2. The van der Waals surface area contributed by atoms with Gasteiger partial charge in [0.05, 0.1) is 21.6 Å². The lowest BCUT2D eigenvalue weighted by Crippen LogP contribution is -2.23. The summed E-state index contributed by atoms with van der Waals surface area (Å²) in [5.41, 5.74) is 1.12. The highest BCUT2D eigenvalue weighted by Crippen LogP contribution is 2.34. The van der Waals surface area contributed by atoms with E-state index < -0.39 is 31.5 Å². The molecule has 0 radical (unpaired) electrons. The topological polar surface area (TPSA) is 85.3 Å². The predicted octanol–water partition coefficient (Wildman–Crippen LogP) is 5.24. The fourth-order valence-electron chi connectivity index (χ4n) is 2.94. The molecule has 11 heteroatoms. The zero-order valence-electron chi connectivity index (χ0n) is 15.9. The van der Waals surface area contributed by atoms with Crippen LogP contribution in [0, 0.1) is 0 Å². The minimum Gasteiger partial charge on any atom is -0.298 e. The Morgan fingerprint density at radius 2 is 1.10 bits per heavy atom. The Labute approximate surface area is 210 Å². The molecule has 0 saturated carbocycles. The molecule has 0 heterocycles. The highest BCUT2D eigenvalue weighted by Gasteiger charge is 2.30. The molecule has 2 aromatic carbocycles. The summed E-state index contributed by atoms with van der Waals surface area (Å²) in [6.07, 6.45) is 2.22. The van der Waals surface area contributed by atoms with Crippen LogP contribution in [0.15, 0.2) is 55.1 Å². The number of benzene rings is 2. The molecule has 0 aliphatic carbocycles. The number of carbonyl (C=O) groups is 1. The maximum absolute atomic E-state index is 13.4. The van der Waals surface area contributed by atoms with Gasteiger partial charge in [-0.05, 0) is 67.3 Å². The van der Waals surface area contributed by atoms with Crippen molar-refractivity contribution in [1.82, 2.24) is 0 Å². The Kier molecular flexibility index (Phi) is 8.94. The van der Waals surface area contributed by atoms with Gasteiger partial charge in [0.25, 0.3) is 0 Å². The number of halogens is 4. The van der Waals surface area contributed by atoms with Gasteiger partial charge in [-0.1, -0.05) is 44.0 Å². The maximum atomic E-state index is 13.4. The first-order valence-corrected chi connectivity index (χ1v) is 16.1. The smallest absolute Gasteiger partial charge is 0.176 e. The number of carbonyl (C=O) groups excluding carboxylic acids is 1. The van der Waals surface area contributed by atoms with E-state index in [9.17, 15) is 21.6 Å². The molecule has 0 aliphatic heterocycles. The van der Waals surface area contributed by atoms with Crippen molar-refractivity contribution in [2.24, 2.45) is 0 Å². The summed E-state index contributed by atoms with van der Waals surface area (Å²) in [5, 5.41) is 0.575. The number of sulfone groups is 2. The first-order chi connectivity index (χ1) is 13.8. The van der Waals surface area contributed by atoms with Crippen molar-refractivity contribution in [3.05, 3.63) is 56.5 Å². The van der Waals surface area contributed by atoms with Gasteiger partial charge >= 0.3 is 0 Å². The maximum Gasteiger partial charge on any atom is 0.176 e. The van der Waals surface area contributed by atoms with E-state index in [2.05, 4.69) is 63.7 Å². The Bertz CT molecular complexity index is 1090. The third kappa shape index (κ3) is 6.04. The van der Waals surface area contributed by atoms with Crippen LogP contribution in [0.4, 0.5) is 0 Å².